The van der Waals surface area contributed by atoms with E-state index in [0.717, 1.165) is 157 Å². The monoisotopic (exact) mass is 1810 g/mol. The van der Waals surface area contributed by atoms with Crippen molar-refractivity contribution in [3.05, 3.63) is 106 Å². The van der Waals surface area contributed by atoms with Gasteiger partial charge in [-0.05, 0) is 148 Å². The van der Waals surface area contributed by atoms with Gasteiger partial charge in [-0.2, -0.15) is 0 Å². The van der Waals surface area contributed by atoms with E-state index in [9.17, 15) is 40.2 Å². The average Bonchev–Trinajstić information content (AvgIpc) is 0.847. The van der Waals surface area contributed by atoms with Crippen molar-refractivity contribution < 1.29 is 56.7 Å². The zero-order valence-electron chi connectivity index (χ0n) is 83.0. The van der Waals surface area contributed by atoms with E-state index in [1.54, 1.807) is 0 Å². The van der Waals surface area contributed by atoms with E-state index in [-0.39, 0.29) is 39.1 Å². The Bertz CT molecular complexity index is 3480. The van der Waals surface area contributed by atoms with E-state index < -0.39 is 23.4 Å². The number of aliphatic imine (C=N–C) groups is 2. The fourth-order valence-electron chi connectivity index (χ4n) is 16.9. The van der Waals surface area contributed by atoms with E-state index in [0.29, 0.717) is 24.0 Å². The first kappa shape index (κ1) is 120. The maximum absolute atomic E-state index is 10.6. The molecule has 0 spiro atoms. The van der Waals surface area contributed by atoms with Crippen LogP contribution >= 0.6 is 0 Å². The molecule has 4 aromatic carbocycles. The van der Waals surface area contributed by atoms with E-state index in [2.05, 4.69) is 126 Å². The number of carbonyl (C=O) groups excluding carboxylic acids is 2. The molecule has 0 unspecified atom stereocenters. The number of phenols is 4. The quantitative estimate of drug-likeness (QED) is 0.0111. The van der Waals surface area contributed by atoms with Gasteiger partial charge >= 0.3 is 16.5 Å². The van der Waals surface area contributed by atoms with E-state index in [1.807, 2.05) is 0 Å². The van der Waals surface area contributed by atoms with Crippen LogP contribution in [0.2, 0.25) is 0 Å². The molecular formula is C117H188N2NiO8. The second kappa shape index (κ2) is 89.7. The number of hydrogen-bond acceptors (Lipinski definition) is 10. The summed E-state index contributed by atoms with van der Waals surface area (Å²) in [4.78, 5) is 32.3. The number of benzene rings is 4. The van der Waals surface area contributed by atoms with Crippen molar-refractivity contribution in [3.63, 3.8) is 0 Å². The van der Waals surface area contributed by atoms with Gasteiger partial charge in [0.25, 0.3) is 0 Å². The molecule has 0 atom stereocenters. The van der Waals surface area contributed by atoms with E-state index >= 15 is 0 Å². The van der Waals surface area contributed by atoms with Crippen molar-refractivity contribution in [2.24, 2.45) is 9.98 Å². The Labute approximate surface area is 796 Å². The maximum atomic E-state index is 10.6. The molecule has 0 amide bonds. The van der Waals surface area contributed by atoms with Crippen molar-refractivity contribution >= 4 is 34.7 Å². The fourth-order valence-corrected chi connectivity index (χ4v) is 16.9. The first-order valence-electron chi connectivity index (χ1n) is 53.6. The van der Waals surface area contributed by atoms with Crippen LogP contribution in [0.4, 0.5) is 11.4 Å². The first-order valence-corrected chi connectivity index (χ1v) is 53.6. The third kappa shape index (κ3) is 68.5. The van der Waals surface area contributed by atoms with Crippen molar-refractivity contribution in [1.29, 1.82) is 0 Å². The van der Waals surface area contributed by atoms with Gasteiger partial charge in [0.1, 0.15) is 5.71 Å². The zero-order valence-corrected chi connectivity index (χ0v) is 84.0. The number of aromatic hydroxyl groups is 4. The Morgan fingerprint density at radius 2 is 0.492 bits per heavy atom. The summed E-state index contributed by atoms with van der Waals surface area (Å²) in [6.45, 7) is 13.3. The van der Waals surface area contributed by atoms with Crippen LogP contribution in [-0.4, -0.2) is 43.8 Å². The van der Waals surface area contributed by atoms with Crippen molar-refractivity contribution in [1.82, 2.24) is 0 Å². The van der Waals surface area contributed by atoms with Gasteiger partial charge in [-0.15, -0.1) is 23.7 Å². The predicted molar refractivity (Wildman–Crippen MR) is 545 cm³/mol. The van der Waals surface area contributed by atoms with E-state index in [4.69, 9.17) is 9.98 Å². The third-order valence-corrected chi connectivity index (χ3v) is 25.1. The van der Waals surface area contributed by atoms with Crippen LogP contribution in [0.25, 0.3) is 0 Å². The number of hydrogen-bond donors (Lipinski definition) is 4. The SMILES string of the molecule is CCCCCCCCCCCCCCCCCCC#CCCCc1ccccc1N=C(C#CCCCCCCCCCCCCCCCCCCCCCCCCCCC)C(CCCC)=Nc1ccccc1CCCC#CCCCCCCCCCCCCCCCCCC.CCCCCc1cc(C(=O)[O-])cc(O)c1O.CCCCCc1cc(C(=O)[O-])cc(O)c1O.[Ni+2]. The molecule has 128 heavy (non-hydrogen) atoms. The van der Waals surface area contributed by atoms with Crippen molar-refractivity contribution in [2.45, 2.75) is 536 Å². The first-order chi connectivity index (χ1) is 62.3. The molecule has 0 bridgehead atoms. The number of carboxylic acid groups (broad SMARTS) is 2. The Hall–Kier alpha value is -6.47. The van der Waals surface area contributed by atoms with Crippen molar-refractivity contribution in [2.75, 3.05) is 0 Å². The van der Waals surface area contributed by atoms with Gasteiger partial charge < -0.3 is 40.2 Å². The molecule has 0 saturated carbocycles. The number of rotatable bonds is 79. The minimum atomic E-state index is -1.35. The second-order valence-electron chi connectivity index (χ2n) is 36.9. The number of carboxylic acids is 2. The van der Waals surface area contributed by atoms with Gasteiger partial charge in [0.15, 0.2) is 23.0 Å². The van der Waals surface area contributed by atoms with E-state index in [1.165, 1.54) is 383 Å². The number of para-hydroxylation sites is 2. The molecule has 0 aliphatic heterocycles. The summed E-state index contributed by atoms with van der Waals surface area (Å²) in [6, 6.07) is 22.3. The predicted octanol–water partition coefficient (Wildman–Crippen LogP) is 34.2. The smallest absolute Gasteiger partial charge is 0.545 e. The summed E-state index contributed by atoms with van der Waals surface area (Å²) in [5.74, 6) is 17.5. The topological polar surface area (TPSA) is 186 Å². The molecule has 0 radical (unpaired) electrons. The summed E-state index contributed by atoms with van der Waals surface area (Å²) >= 11 is 0. The molecule has 10 nitrogen and oxygen atoms in total. The number of aryl methyl sites for hydroxylation is 4. The van der Waals surface area contributed by atoms with Crippen LogP contribution in [0.3, 0.4) is 0 Å². The second-order valence-corrected chi connectivity index (χ2v) is 36.9. The molecule has 724 valence electrons. The van der Waals surface area contributed by atoms with Gasteiger partial charge in [-0.25, -0.2) is 4.99 Å². The molecule has 4 aromatic rings. The average molecular weight is 1810 g/mol. The van der Waals surface area contributed by atoms with Crippen LogP contribution < -0.4 is 10.2 Å². The zero-order chi connectivity index (χ0) is 91.8. The Morgan fingerprint density at radius 3 is 0.766 bits per heavy atom. The molecule has 0 heterocycles. The number of unbranched alkanes of at least 4 members (excludes halogenated alkanes) is 64. The number of phenolic OH excluding ortho intramolecular Hbond substituents is 4. The minimum Gasteiger partial charge on any atom is -0.545 e. The van der Waals surface area contributed by atoms with Gasteiger partial charge in [0.05, 0.1) is 29.0 Å². The molecule has 0 fully saturated rings. The van der Waals surface area contributed by atoms with Gasteiger partial charge in [0.2, 0.25) is 0 Å². The Balaban J connectivity index is 0.00000204. The number of carbonyl (C=O) groups is 2. The molecule has 11 heteroatoms. The van der Waals surface area contributed by atoms with Crippen LogP contribution in [0, 0.1) is 35.5 Å². The normalized spacial score (nSPS) is 11.2. The summed E-state index contributed by atoms with van der Waals surface area (Å²) in [7, 11) is 0. The molecule has 0 saturated heterocycles. The molecule has 0 aliphatic rings. The molecule has 4 N–H and O–H groups in total. The third-order valence-electron chi connectivity index (χ3n) is 25.1. The van der Waals surface area contributed by atoms with Crippen molar-refractivity contribution in [3.8, 4) is 58.5 Å². The Morgan fingerprint density at radius 1 is 0.266 bits per heavy atom. The van der Waals surface area contributed by atoms with Crippen LogP contribution in [0.5, 0.6) is 23.0 Å². The maximum Gasteiger partial charge on any atom is 2.00 e. The number of nitrogens with zero attached hydrogens (tertiary/aromatic N) is 2. The molecule has 4 rings (SSSR count). The minimum absolute atomic E-state index is 0. The summed E-state index contributed by atoms with van der Waals surface area (Å²) in [6.07, 6.45) is 99.4. The van der Waals surface area contributed by atoms with Gasteiger partial charge in [-0.3, -0.25) is 4.99 Å². The molecule has 0 aliphatic carbocycles. The molecular weight excluding hydrogens is 1620 g/mol. The van der Waals surface area contributed by atoms with Crippen LogP contribution in [0.15, 0.2) is 82.8 Å². The Kier molecular flexibility index (Phi) is 83.8. The van der Waals surface area contributed by atoms with Gasteiger partial charge in [0, 0.05) is 43.2 Å². The molecule has 0 aromatic heterocycles. The largest absolute Gasteiger partial charge is 2.00 e. The van der Waals surface area contributed by atoms with Gasteiger partial charge in [-0.1, -0.05) is 463 Å². The van der Waals surface area contributed by atoms with Crippen LogP contribution in [0.1, 0.15) is 553 Å². The number of aromatic carboxylic acids is 2. The standard InChI is InChI=1S/C93H158N2.2C12H16O4.Ni/c1-5-9-13-16-19-22-25-28-31-34-37-40-41-42-43-44-45-48-51-54-57-60-63-66-69-72-75-87-93(95-91-86-79-77-83-89(91)81-74-71-68-65-62-59-56-53-50-47-39-36-33-30-27-24-21-18-15-11-7-3)92(84-12-8-4)94-90-85-78-76-82-88(90)80-73-70-67-64-61-58-55-52-49-46-38-35-32-29-26-23-20-17-14-10-6-2;2*1-2-3-4-5-8-6-9(12(15)16)7-10(13)11(8)14;/h76-79,82-83,85-86H,5-63,66,69-74,80-81,84H2,1-4H3;2*6-7,13-14H,2-5H2,1H3,(H,15,16);/q;;;+2/p-2. The summed E-state index contributed by atoms with van der Waals surface area (Å²) in [5, 5.41) is 59.1. The summed E-state index contributed by atoms with van der Waals surface area (Å²) < 4.78 is 0. The fraction of sp³-hybridized carbons (Fsp3) is 0.709. The summed E-state index contributed by atoms with van der Waals surface area (Å²) in [5.41, 5.74) is 7.29. The van der Waals surface area contributed by atoms with Crippen LogP contribution in [-0.2, 0) is 42.2 Å².